The lowest BCUT2D eigenvalue weighted by atomic mass is 9.74. The van der Waals surface area contributed by atoms with Gasteiger partial charge in [-0.2, -0.15) is 0 Å². The zero-order valence-electron chi connectivity index (χ0n) is 27.9. The first kappa shape index (κ1) is 34.8. The minimum atomic E-state index is -1.39. The van der Waals surface area contributed by atoms with Crippen molar-refractivity contribution in [1.82, 2.24) is 15.1 Å². The third-order valence-electron chi connectivity index (χ3n) is 9.93. The molecule has 2 N–H and O–H groups in total. The summed E-state index contributed by atoms with van der Waals surface area (Å²) in [5.74, 6) is -3.82. The fourth-order valence-electron chi connectivity index (χ4n) is 7.58. The maximum Gasteiger partial charge on any atom is 0.313 e. The Morgan fingerprint density at radius 2 is 1.85 bits per heavy atom. The smallest absolute Gasteiger partial charge is 0.313 e. The summed E-state index contributed by atoms with van der Waals surface area (Å²) < 4.78 is 18.3. The molecule has 11 heteroatoms. The van der Waals surface area contributed by atoms with Crippen LogP contribution in [0.25, 0.3) is 0 Å². The van der Waals surface area contributed by atoms with Crippen LogP contribution in [0, 0.1) is 17.8 Å². The quantitative estimate of drug-likeness (QED) is 0.224. The van der Waals surface area contributed by atoms with Crippen LogP contribution in [0.15, 0.2) is 54.6 Å². The van der Waals surface area contributed by atoms with E-state index in [1.165, 1.54) is 12.0 Å². The number of nitrogens with one attached hydrogen (secondary N) is 1. The standard InChI is InChI=1S/C36H49N3O8/c1-5-6-12-19-38-20-13-8-11-16-28(41)37-25(22-45-4)31(24-14-9-7-10-15-24)46-35(44)29-27-17-18-36(47-27)30(29)33(42)39(32(36)34(38)43)26(21-40)23(2)3/h7-10,13-15,17-18,23,25-27,29-32,40H,5-6,11-12,16,19-22H2,1-4H3,(H,37,41)/b13-8-/t25-,26+,27+,29-,30-,31-,32+,36-/m1/s1. The van der Waals surface area contributed by atoms with E-state index >= 15 is 0 Å². The Kier molecular flexibility index (Phi) is 11.2. The summed E-state index contributed by atoms with van der Waals surface area (Å²) >= 11 is 0. The molecule has 0 saturated carbocycles. The number of cyclic esters (lactones) is 1. The van der Waals surface area contributed by atoms with Crippen LogP contribution < -0.4 is 5.32 Å². The van der Waals surface area contributed by atoms with Crippen LogP contribution in [-0.2, 0) is 33.4 Å². The van der Waals surface area contributed by atoms with Crippen molar-refractivity contribution in [3.63, 3.8) is 0 Å². The van der Waals surface area contributed by atoms with Crippen molar-refractivity contribution in [2.75, 3.05) is 33.4 Å². The van der Waals surface area contributed by atoms with Gasteiger partial charge in [0, 0.05) is 26.6 Å². The number of hydrogen-bond acceptors (Lipinski definition) is 8. The van der Waals surface area contributed by atoms with E-state index in [9.17, 15) is 24.3 Å². The van der Waals surface area contributed by atoms with Gasteiger partial charge >= 0.3 is 5.97 Å². The average Bonchev–Trinajstić information content (AvgIpc) is 3.70. The predicted octanol–water partition coefficient (Wildman–Crippen LogP) is 2.94. The van der Waals surface area contributed by atoms with Gasteiger partial charge in [-0.05, 0) is 24.3 Å². The molecule has 11 nitrogen and oxygen atoms in total. The molecule has 0 aliphatic carbocycles. The second-order valence-corrected chi connectivity index (χ2v) is 13.3. The molecule has 1 aromatic carbocycles. The lowest BCUT2D eigenvalue weighted by molar-refractivity contribution is -0.163. The van der Waals surface area contributed by atoms with Gasteiger partial charge < -0.3 is 34.4 Å². The number of rotatable bonds is 10. The van der Waals surface area contributed by atoms with Crippen LogP contribution in [-0.4, -0.2) is 102 Å². The Morgan fingerprint density at radius 1 is 1.09 bits per heavy atom. The van der Waals surface area contributed by atoms with E-state index in [1.54, 1.807) is 17.1 Å². The average molecular weight is 652 g/mol. The lowest BCUT2D eigenvalue weighted by Gasteiger charge is -2.40. The highest BCUT2D eigenvalue weighted by Crippen LogP contribution is 2.56. The topological polar surface area (TPSA) is 135 Å². The number of allylic oxidation sites excluding steroid dienone is 1. The normalized spacial score (nSPS) is 32.5. The van der Waals surface area contributed by atoms with Crippen molar-refractivity contribution < 1.29 is 38.5 Å². The number of carbonyl (C=O) groups is 4. The number of amides is 3. The van der Waals surface area contributed by atoms with Crippen molar-refractivity contribution in [2.45, 2.75) is 88.8 Å². The molecule has 4 heterocycles. The van der Waals surface area contributed by atoms with Crippen LogP contribution in [0.5, 0.6) is 0 Å². The van der Waals surface area contributed by atoms with Gasteiger partial charge in [-0.15, -0.1) is 0 Å². The number of nitrogens with zero attached hydrogens (tertiary/aromatic N) is 2. The first-order valence-electron chi connectivity index (χ1n) is 17.0. The number of unbranched alkanes of at least 4 members (excludes halogenated alkanes) is 2. The summed E-state index contributed by atoms with van der Waals surface area (Å²) in [6.07, 6.45) is 8.91. The van der Waals surface area contributed by atoms with Crippen LogP contribution in [0.4, 0.5) is 0 Å². The fourth-order valence-corrected chi connectivity index (χ4v) is 7.58. The molecule has 5 rings (SSSR count). The monoisotopic (exact) mass is 651 g/mol. The van der Waals surface area contributed by atoms with Crippen molar-refractivity contribution in [2.24, 2.45) is 17.8 Å². The van der Waals surface area contributed by atoms with Crippen LogP contribution >= 0.6 is 0 Å². The zero-order chi connectivity index (χ0) is 33.7. The third kappa shape index (κ3) is 6.75. The third-order valence-corrected chi connectivity index (χ3v) is 9.93. The van der Waals surface area contributed by atoms with Crippen molar-refractivity contribution in [1.29, 1.82) is 0 Å². The number of likely N-dealkylation sites (tertiary alicyclic amines) is 1. The maximum atomic E-state index is 14.7. The van der Waals surface area contributed by atoms with E-state index in [1.807, 2.05) is 56.3 Å². The maximum absolute atomic E-state index is 14.7. The highest BCUT2D eigenvalue weighted by Gasteiger charge is 2.74. The largest absolute Gasteiger partial charge is 0.455 e. The Balaban J connectivity index is 1.61. The summed E-state index contributed by atoms with van der Waals surface area (Å²) in [5.41, 5.74) is -0.737. The van der Waals surface area contributed by atoms with Crippen LogP contribution in [0.3, 0.4) is 0 Å². The number of carbonyl (C=O) groups excluding carboxylic acids is 4. The number of fused-ring (bicyclic) bond motifs is 2. The number of hydrogen-bond donors (Lipinski definition) is 2. The van der Waals surface area contributed by atoms with Gasteiger partial charge in [0.1, 0.15) is 23.7 Å². The van der Waals surface area contributed by atoms with Gasteiger partial charge in [0.25, 0.3) is 0 Å². The molecule has 256 valence electrons. The van der Waals surface area contributed by atoms with E-state index in [0.717, 1.165) is 19.3 Å². The van der Waals surface area contributed by atoms with Gasteiger partial charge in [-0.3, -0.25) is 19.2 Å². The number of esters is 1. The molecule has 4 aliphatic rings. The van der Waals surface area contributed by atoms with Gasteiger partial charge in [-0.1, -0.05) is 88.2 Å². The highest BCUT2D eigenvalue weighted by atomic mass is 16.6. The summed E-state index contributed by atoms with van der Waals surface area (Å²) in [6, 6.07) is 6.68. The molecule has 0 aromatic heterocycles. The van der Waals surface area contributed by atoms with E-state index in [4.69, 9.17) is 14.2 Å². The highest BCUT2D eigenvalue weighted by molar-refractivity contribution is 5.99. The van der Waals surface area contributed by atoms with Crippen molar-refractivity contribution in [3.05, 3.63) is 60.2 Å². The lowest BCUT2D eigenvalue weighted by Crippen LogP contribution is -2.59. The molecule has 1 aromatic rings. The second kappa shape index (κ2) is 15.1. The molecule has 3 amide bonds. The molecule has 4 aliphatic heterocycles. The SMILES string of the molecule is CCCCCN1C/C=C\CCC(=O)N[C@H](COC)[C@@H](c2ccccc2)OC(=O)[C@@H]2[C@@H]3C=C[C@]4(O3)[C@H](C1=O)N([C@@H](CO)C(C)C)C(=O)[C@@H]24. The van der Waals surface area contributed by atoms with E-state index in [-0.39, 0.29) is 43.9 Å². The zero-order valence-corrected chi connectivity index (χ0v) is 27.9. The first-order chi connectivity index (χ1) is 22.7. The molecular weight excluding hydrogens is 602 g/mol. The van der Waals surface area contributed by atoms with Crippen LogP contribution in [0.1, 0.15) is 64.5 Å². The molecule has 0 radical (unpaired) electrons. The second-order valence-electron chi connectivity index (χ2n) is 13.3. The predicted molar refractivity (Wildman–Crippen MR) is 174 cm³/mol. The first-order valence-corrected chi connectivity index (χ1v) is 17.0. The number of aliphatic hydroxyl groups excluding tert-OH is 1. The molecule has 1 spiro atoms. The molecular formula is C36H49N3O8. The van der Waals surface area contributed by atoms with Gasteiger partial charge in [-0.25, -0.2) is 0 Å². The molecule has 2 fully saturated rings. The number of ether oxygens (including phenoxy) is 3. The van der Waals surface area contributed by atoms with Gasteiger partial charge in [0.15, 0.2) is 0 Å². The summed E-state index contributed by atoms with van der Waals surface area (Å²) in [6.45, 7) is 6.38. The molecule has 5 bridgehead atoms. The Bertz CT molecular complexity index is 1350. The Labute approximate surface area is 277 Å². The summed E-state index contributed by atoms with van der Waals surface area (Å²) in [4.78, 5) is 60.0. The van der Waals surface area contributed by atoms with Crippen LogP contribution in [0.2, 0.25) is 0 Å². The van der Waals surface area contributed by atoms with E-state index < -0.39 is 59.6 Å². The van der Waals surface area contributed by atoms with Gasteiger partial charge in [0.05, 0.1) is 37.3 Å². The molecule has 2 saturated heterocycles. The summed E-state index contributed by atoms with van der Waals surface area (Å²) in [7, 11) is 1.51. The van der Waals surface area contributed by atoms with Crippen molar-refractivity contribution in [3.8, 4) is 0 Å². The fraction of sp³-hybridized carbons (Fsp3) is 0.611. The molecule has 0 unspecified atom stereocenters. The summed E-state index contributed by atoms with van der Waals surface area (Å²) in [5, 5.41) is 13.6. The minimum Gasteiger partial charge on any atom is -0.455 e. The van der Waals surface area contributed by atoms with Crippen molar-refractivity contribution >= 4 is 23.7 Å². The number of aliphatic hydroxyl groups is 1. The molecule has 47 heavy (non-hydrogen) atoms. The number of benzene rings is 1. The Hall–Kier alpha value is -3.54. The van der Waals surface area contributed by atoms with E-state index in [0.29, 0.717) is 18.5 Å². The van der Waals surface area contributed by atoms with Gasteiger partial charge in [0.2, 0.25) is 17.7 Å². The minimum absolute atomic E-state index is 0.0782. The molecule has 8 atom stereocenters. The Morgan fingerprint density at radius 3 is 2.53 bits per heavy atom. The van der Waals surface area contributed by atoms with E-state index in [2.05, 4.69) is 12.2 Å². The number of methoxy groups -OCH3 is 1.